The van der Waals surface area contributed by atoms with Gasteiger partial charge in [0.05, 0.1) is 13.7 Å². The van der Waals surface area contributed by atoms with E-state index >= 15 is 0 Å². The van der Waals surface area contributed by atoms with Crippen LogP contribution in [0, 0.1) is 0 Å². The standard InChI is InChI=1S/C28H35N5O3S/c1-31-15-17-32(18-16-31)23-9-5-21(6-10-23)22-7-13-25(14-8-22)37-27-26(28(34)35)29-30-33(27)19-20-3-11-24(36-2)12-4-20/h3-6,9-12,22,25H,7-8,13-19H2,1-2H3,(H,34,35)/t22-,25+. The van der Waals surface area contributed by atoms with Gasteiger partial charge in [0.2, 0.25) is 5.69 Å². The number of carboxylic acids is 1. The molecule has 0 atom stereocenters. The fraction of sp³-hybridized carbons (Fsp3) is 0.464. The maximum absolute atomic E-state index is 11.9. The van der Waals surface area contributed by atoms with E-state index in [-0.39, 0.29) is 5.69 Å². The van der Waals surface area contributed by atoms with Crippen molar-refractivity contribution in [2.45, 2.75) is 48.4 Å². The van der Waals surface area contributed by atoms with Crippen LogP contribution >= 0.6 is 11.8 Å². The van der Waals surface area contributed by atoms with E-state index < -0.39 is 5.97 Å². The van der Waals surface area contributed by atoms with Crippen LogP contribution in [-0.2, 0) is 6.54 Å². The van der Waals surface area contributed by atoms with Crippen molar-refractivity contribution in [2.24, 2.45) is 0 Å². The topological polar surface area (TPSA) is 83.7 Å². The number of thioether (sulfide) groups is 1. The van der Waals surface area contributed by atoms with Crippen LogP contribution in [-0.4, -0.2) is 76.6 Å². The van der Waals surface area contributed by atoms with E-state index in [4.69, 9.17) is 4.74 Å². The minimum Gasteiger partial charge on any atom is -0.497 e. The molecule has 0 spiro atoms. The van der Waals surface area contributed by atoms with Crippen LogP contribution in [0.1, 0.15) is 53.2 Å². The van der Waals surface area contributed by atoms with Crippen LogP contribution in [0.2, 0.25) is 0 Å². The Morgan fingerprint density at radius 1 is 1.00 bits per heavy atom. The van der Waals surface area contributed by atoms with E-state index in [1.54, 1.807) is 23.6 Å². The molecule has 3 aromatic rings. The average molecular weight is 522 g/mol. The molecule has 1 saturated heterocycles. The molecule has 9 heteroatoms. The largest absolute Gasteiger partial charge is 0.497 e. The lowest BCUT2D eigenvalue weighted by atomic mass is 9.84. The quantitative estimate of drug-likeness (QED) is 0.460. The molecule has 37 heavy (non-hydrogen) atoms. The van der Waals surface area contributed by atoms with Gasteiger partial charge >= 0.3 is 5.97 Å². The number of nitrogens with zero attached hydrogens (tertiary/aromatic N) is 5. The first kappa shape index (κ1) is 25.6. The van der Waals surface area contributed by atoms with Crippen LogP contribution in [0.5, 0.6) is 5.75 Å². The zero-order valence-corrected chi connectivity index (χ0v) is 22.4. The molecular weight excluding hydrogens is 486 g/mol. The fourth-order valence-corrected chi connectivity index (χ4v) is 6.54. The summed E-state index contributed by atoms with van der Waals surface area (Å²) in [6.07, 6.45) is 4.30. The molecule has 0 bridgehead atoms. The Morgan fingerprint density at radius 3 is 2.30 bits per heavy atom. The lowest BCUT2D eigenvalue weighted by Gasteiger charge is -2.34. The highest BCUT2D eigenvalue weighted by Crippen LogP contribution is 2.41. The Labute approximate surface area is 222 Å². The molecule has 8 nitrogen and oxygen atoms in total. The van der Waals surface area contributed by atoms with Crippen LogP contribution in [0.4, 0.5) is 5.69 Å². The third-order valence-electron chi connectivity index (χ3n) is 7.57. The first-order valence-corrected chi connectivity index (χ1v) is 13.9. The van der Waals surface area contributed by atoms with Gasteiger partial charge in [0.25, 0.3) is 0 Å². The number of hydrogen-bond donors (Lipinski definition) is 1. The van der Waals surface area contributed by atoms with E-state index in [0.717, 1.165) is 63.2 Å². The number of benzene rings is 2. The van der Waals surface area contributed by atoms with Gasteiger partial charge in [-0.05, 0) is 74.0 Å². The van der Waals surface area contributed by atoms with Crippen molar-refractivity contribution < 1.29 is 14.6 Å². The molecule has 0 radical (unpaired) electrons. The molecule has 196 valence electrons. The zero-order chi connectivity index (χ0) is 25.8. The number of methoxy groups -OCH3 is 1. The molecule has 2 aromatic carbocycles. The summed E-state index contributed by atoms with van der Waals surface area (Å²) in [6, 6.07) is 16.9. The van der Waals surface area contributed by atoms with Gasteiger partial charge in [0.15, 0.2) is 0 Å². The van der Waals surface area contributed by atoms with Crippen LogP contribution < -0.4 is 9.64 Å². The van der Waals surface area contributed by atoms with Crippen LogP contribution in [0.25, 0.3) is 0 Å². The highest BCUT2D eigenvalue weighted by molar-refractivity contribution is 7.99. The Bertz CT molecular complexity index is 1180. The number of anilines is 1. The van der Waals surface area contributed by atoms with Gasteiger partial charge in [0.1, 0.15) is 10.8 Å². The number of carboxylic acid groups (broad SMARTS) is 1. The number of likely N-dealkylation sites (N-methyl/N-ethyl adjacent to an activating group) is 1. The lowest BCUT2D eigenvalue weighted by Crippen LogP contribution is -2.44. The second-order valence-electron chi connectivity index (χ2n) is 10.0. The highest BCUT2D eigenvalue weighted by Gasteiger charge is 2.28. The highest BCUT2D eigenvalue weighted by atomic mass is 32.2. The number of ether oxygens (including phenoxy) is 1. The molecule has 1 aliphatic heterocycles. The van der Waals surface area contributed by atoms with Gasteiger partial charge in [-0.1, -0.05) is 29.5 Å². The zero-order valence-electron chi connectivity index (χ0n) is 21.5. The van der Waals surface area contributed by atoms with Crippen LogP contribution in [0.3, 0.4) is 0 Å². The molecule has 2 heterocycles. The molecule has 1 N–H and O–H groups in total. The Kier molecular flexibility index (Phi) is 8.00. The normalized spacial score (nSPS) is 20.6. The summed E-state index contributed by atoms with van der Waals surface area (Å²) in [5.74, 6) is 0.311. The third-order valence-corrected chi connectivity index (χ3v) is 9.00. The summed E-state index contributed by atoms with van der Waals surface area (Å²) < 4.78 is 6.96. The molecule has 1 saturated carbocycles. The number of carbonyl (C=O) groups is 1. The van der Waals surface area contributed by atoms with E-state index in [1.807, 2.05) is 24.3 Å². The van der Waals surface area contributed by atoms with E-state index in [1.165, 1.54) is 11.3 Å². The van der Waals surface area contributed by atoms with Crippen molar-refractivity contribution in [1.29, 1.82) is 0 Å². The summed E-state index contributed by atoms with van der Waals surface area (Å²) in [4.78, 5) is 16.7. The predicted octanol–water partition coefficient (Wildman–Crippen LogP) is 4.60. The lowest BCUT2D eigenvalue weighted by molar-refractivity contribution is 0.0686. The molecule has 2 aliphatic rings. The maximum atomic E-state index is 11.9. The molecule has 5 rings (SSSR count). The third kappa shape index (κ3) is 6.10. The van der Waals surface area contributed by atoms with Crippen molar-refractivity contribution >= 4 is 23.4 Å². The van der Waals surface area contributed by atoms with Gasteiger partial charge in [-0.2, -0.15) is 0 Å². The first-order chi connectivity index (χ1) is 18.0. The number of piperazine rings is 1. The summed E-state index contributed by atoms with van der Waals surface area (Å²) in [7, 11) is 3.82. The van der Waals surface area contributed by atoms with Gasteiger partial charge < -0.3 is 19.6 Å². The average Bonchev–Trinajstić information content (AvgIpc) is 3.32. The van der Waals surface area contributed by atoms with E-state index in [9.17, 15) is 9.90 Å². The van der Waals surface area contributed by atoms with Crippen molar-refractivity contribution in [3.8, 4) is 5.75 Å². The van der Waals surface area contributed by atoms with Crippen molar-refractivity contribution in [2.75, 3.05) is 45.2 Å². The van der Waals surface area contributed by atoms with Gasteiger partial charge in [-0.25, -0.2) is 9.48 Å². The minimum absolute atomic E-state index is 0.0418. The number of aromatic nitrogens is 3. The molecule has 1 aliphatic carbocycles. The van der Waals surface area contributed by atoms with E-state index in [0.29, 0.717) is 22.7 Å². The molecule has 0 unspecified atom stereocenters. The number of rotatable bonds is 8. The maximum Gasteiger partial charge on any atom is 0.359 e. The molecule has 0 amide bonds. The van der Waals surface area contributed by atoms with Crippen LogP contribution in [0.15, 0.2) is 53.6 Å². The Balaban J connectivity index is 1.20. The molecule has 1 aromatic heterocycles. The van der Waals surface area contributed by atoms with E-state index in [2.05, 4.69) is 51.4 Å². The number of aromatic carboxylic acids is 1. The van der Waals surface area contributed by atoms with Crippen molar-refractivity contribution in [1.82, 2.24) is 19.9 Å². The summed E-state index contributed by atoms with van der Waals surface area (Å²) >= 11 is 1.62. The van der Waals surface area contributed by atoms with Gasteiger partial charge in [-0.15, -0.1) is 16.9 Å². The molecule has 2 fully saturated rings. The van der Waals surface area contributed by atoms with Gasteiger partial charge in [0, 0.05) is 37.1 Å². The second kappa shape index (κ2) is 11.6. The summed E-state index contributed by atoms with van der Waals surface area (Å²) in [5, 5.41) is 18.9. The predicted molar refractivity (Wildman–Crippen MR) is 146 cm³/mol. The first-order valence-electron chi connectivity index (χ1n) is 13.0. The smallest absolute Gasteiger partial charge is 0.359 e. The minimum atomic E-state index is -1.03. The summed E-state index contributed by atoms with van der Waals surface area (Å²) in [5.41, 5.74) is 3.80. The Hall–Kier alpha value is -3.04. The van der Waals surface area contributed by atoms with Crippen molar-refractivity contribution in [3.05, 3.63) is 65.4 Å². The number of hydrogen-bond acceptors (Lipinski definition) is 7. The SMILES string of the molecule is COc1ccc(Cn2nnc(C(=O)O)c2S[C@H]2CC[C@@H](c3ccc(N4CCN(C)CC4)cc3)CC2)cc1. The Morgan fingerprint density at radius 2 is 1.68 bits per heavy atom. The second-order valence-corrected chi connectivity index (χ2v) is 11.3. The monoisotopic (exact) mass is 521 g/mol. The molecular formula is C28H35N5O3S. The fourth-order valence-electron chi connectivity index (χ4n) is 5.26. The van der Waals surface area contributed by atoms with Crippen molar-refractivity contribution in [3.63, 3.8) is 0 Å². The van der Waals surface area contributed by atoms with Gasteiger partial charge in [-0.3, -0.25) is 0 Å². The summed E-state index contributed by atoms with van der Waals surface area (Å²) in [6.45, 7) is 4.87.